The van der Waals surface area contributed by atoms with Crippen molar-refractivity contribution in [3.05, 3.63) is 40.3 Å². The molecule has 1 amide bonds. The van der Waals surface area contributed by atoms with Gasteiger partial charge in [0.1, 0.15) is 27.2 Å². The van der Waals surface area contributed by atoms with Crippen LogP contribution in [0.15, 0.2) is 24.3 Å². The van der Waals surface area contributed by atoms with Crippen LogP contribution in [-0.4, -0.2) is 28.9 Å². The molecule has 3 aromatic rings. The molecule has 7 heteroatoms. The van der Waals surface area contributed by atoms with E-state index < -0.39 is 0 Å². The maximum Gasteiger partial charge on any atom is 0.266 e. The van der Waals surface area contributed by atoms with E-state index in [1.54, 1.807) is 0 Å². The van der Waals surface area contributed by atoms with Gasteiger partial charge in [0, 0.05) is 24.0 Å². The zero-order valence-corrected chi connectivity index (χ0v) is 18.9. The van der Waals surface area contributed by atoms with Crippen molar-refractivity contribution < 1.29 is 4.79 Å². The number of hydrogen-bond acceptors (Lipinski definition) is 6. The van der Waals surface area contributed by atoms with E-state index in [1.807, 2.05) is 29.2 Å². The smallest absolute Gasteiger partial charge is 0.266 e. The van der Waals surface area contributed by atoms with Crippen molar-refractivity contribution in [1.29, 1.82) is 5.26 Å². The number of nitrogens with two attached hydrogens (primary N) is 2. The molecule has 4 rings (SSSR count). The fraction of sp³-hybridized carbons (Fsp3) is 0.375. The average molecular weight is 434 g/mol. The Hall–Kier alpha value is -3.11. The van der Waals surface area contributed by atoms with E-state index in [-0.39, 0.29) is 11.7 Å². The zero-order chi connectivity index (χ0) is 22.3. The van der Waals surface area contributed by atoms with E-state index in [2.05, 4.69) is 31.8 Å². The summed E-state index contributed by atoms with van der Waals surface area (Å²) in [7, 11) is 0. The van der Waals surface area contributed by atoms with Crippen LogP contribution < -0.4 is 11.5 Å². The van der Waals surface area contributed by atoms with Gasteiger partial charge in [-0.25, -0.2) is 4.98 Å². The first-order valence-corrected chi connectivity index (χ1v) is 11.4. The largest absolute Gasteiger partial charge is 0.397 e. The number of benzene rings is 1. The number of anilines is 2. The number of nitrogen functional groups attached to an aromatic ring is 2. The number of hydrogen-bond donors (Lipinski definition) is 2. The third-order valence-corrected chi connectivity index (χ3v) is 7.24. The summed E-state index contributed by atoms with van der Waals surface area (Å²) in [4.78, 5) is 20.6. The Bertz CT molecular complexity index is 1180. The Labute approximate surface area is 186 Å². The molecule has 1 aliphatic heterocycles. The van der Waals surface area contributed by atoms with E-state index in [0.29, 0.717) is 43.7 Å². The molecular formula is C24H27N5OS. The number of thiophene rings is 1. The van der Waals surface area contributed by atoms with Gasteiger partial charge in [0.05, 0.1) is 5.69 Å². The number of nitrogens with zero attached hydrogens (tertiary/aromatic N) is 3. The topological polar surface area (TPSA) is 109 Å². The molecule has 1 aliphatic rings. The lowest BCUT2D eigenvalue weighted by molar-refractivity contribution is 0.0703. The molecule has 0 aliphatic carbocycles. The summed E-state index contributed by atoms with van der Waals surface area (Å²) in [6, 6.07) is 10.3. The molecule has 0 radical (unpaired) electrons. The lowest BCUT2D eigenvalue weighted by atomic mass is 9.94. The van der Waals surface area contributed by atoms with Crippen LogP contribution in [0.25, 0.3) is 21.3 Å². The zero-order valence-electron chi connectivity index (χ0n) is 18.1. The summed E-state index contributed by atoms with van der Waals surface area (Å²) in [6.45, 7) is 7.94. The van der Waals surface area contributed by atoms with Crippen molar-refractivity contribution >= 4 is 39.0 Å². The van der Waals surface area contributed by atoms with Crippen LogP contribution in [0.4, 0.5) is 11.5 Å². The molecule has 0 unspecified atom stereocenters. The molecule has 4 N–H and O–H groups in total. The van der Waals surface area contributed by atoms with Crippen molar-refractivity contribution in [3.63, 3.8) is 0 Å². The normalized spacial score (nSPS) is 14.9. The van der Waals surface area contributed by atoms with Gasteiger partial charge in [-0.1, -0.05) is 45.0 Å². The van der Waals surface area contributed by atoms with E-state index in [4.69, 9.17) is 11.5 Å². The van der Waals surface area contributed by atoms with Crippen LogP contribution in [-0.2, 0) is 0 Å². The first kappa shape index (κ1) is 21.1. The molecule has 0 atom stereocenters. The van der Waals surface area contributed by atoms with Gasteiger partial charge in [-0.15, -0.1) is 11.3 Å². The second-order valence-corrected chi connectivity index (χ2v) is 9.63. The summed E-state index contributed by atoms with van der Waals surface area (Å²) >= 11 is 1.26. The Morgan fingerprint density at radius 1 is 1.23 bits per heavy atom. The Balaban J connectivity index is 1.87. The highest BCUT2D eigenvalue weighted by molar-refractivity contribution is 7.21. The first-order valence-electron chi connectivity index (χ1n) is 10.6. The molecule has 0 spiro atoms. The predicted molar refractivity (Wildman–Crippen MR) is 127 cm³/mol. The van der Waals surface area contributed by atoms with E-state index in [1.165, 1.54) is 16.9 Å². The lowest BCUT2D eigenvalue weighted by Gasteiger charge is -2.30. The third-order valence-electron chi connectivity index (χ3n) is 6.15. The minimum atomic E-state index is -0.0643. The fourth-order valence-corrected chi connectivity index (χ4v) is 5.20. The molecule has 1 aromatic carbocycles. The summed E-state index contributed by atoms with van der Waals surface area (Å²) in [5.41, 5.74) is 16.1. The number of pyridine rings is 1. The molecular weight excluding hydrogens is 406 g/mol. The minimum absolute atomic E-state index is 0.0643. The van der Waals surface area contributed by atoms with Crippen molar-refractivity contribution in [2.45, 2.75) is 39.5 Å². The second-order valence-electron chi connectivity index (χ2n) is 8.64. The number of aromatic nitrogens is 1. The van der Waals surface area contributed by atoms with Gasteiger partial charge in [-0.05, 0) is 35.8 Å². The molecule has 0 saturated carbocycles. The fourth-order valence-electron chi connectivity index (χ4n) is 4.12. The number of carbonyl (C=O) groups excluding carboxylic acids is 1. The minimum Gasteiger partial charge on any atom is -0.397 e. The molecule has 1 saturated heterocycles. The monoisotopic (exact) mass is 433 g/mol. The molecule has 0 bridgehead atoms. The standard InChI is InChI=1S/C24H27N5OS/c1-13(2)15-4-6-16(7-5-15)18-17(12-25)22(27)28-23-19(18)20(26)21(31-23)24(30)29-10-8-14(3)9-11-29/h4-7,13-14H,8-11,26H2,1-3H3,(H2,27,28). The molecule has 2 aromatic heterocycles. The highest BCUT2D eigenvalue weighted by Gasteiger charge is 2.28. The quantitative estimate of drug-likeness (QED) is 0.604. The first-order chi connectivity index (χ1) is 14.8. The molecule has 1 fully saturated rings. The number of carbonyl (C=O) groups is 1. The van der Waals surface area contributed by atoms with Crippen LogP contribution in [0.1, 0.15) is 60.3 Å². The lowest BCUT2D eigenvalue weighted by Crippen LogP contribution is -2.37. The number of nitriles is 1. The summed E-state index contributed by atoms with van der Waals surface area (Å²) in [5.74, 6) is 1.12. The molecule has 31 heavy (non-hydrogen) atoms. The summed E-state index contributed by atoms with van der Waals surface area (Å²) in [5, 5.41) is 10.5. The molecule has 6 nitrogen and oxygen atoms in total. The van der Waals surface area contributed by atoms with Gasteiger partial charge in [-0.2, -0.15) is 5.26 Å². The van der Waals surface area contributed by atoms with Crippen LogP contribution in [0.3, 0.4) is 0 Å². The van der Waals surface area contributed by atoms with Crippen LogP contribution >= 0.6 is 11.3 Å². The van der Waals surface area contributed by atoms with Gasteiger partial charge >= 0.3 is 0 Å². The van der Waals surface area contributed by atoms with Crippen molar-refractivity contribution in [2.24, 2.45) is 5.92 Å². The maximum absolute atomic E-state index is 13.2. The van der Waals surface area contributed by atoms with Gasteiger partial charge in [0.25, 0.3) is 5.91 Å². The van der Waals surface area contributed by atoms with Crippen LogP contribution in [0, 0.1) is 17.2 Å². The van der Waals surface area contributed by atoms with Crippen molar-refractivity contribution in [2.75, 3.05) is 24.6 Å². The Morgan fingerprint density at radius 3 is 2.45 bits per heavy atom. The summed E-state index contributed by atoms with van der Waals surface area (Å²) in [6.07, 6.45) is 1.99. The highest BCUT2D eigenvalue weighted by atomic mass is 32.1. The van der Waals surface area contributed by atoms with Crippen LogP contribution in [0.5, 0.6) is 0 Å². The second kappa shape index (κ2) is 8.20. The molecule has 3 heterocycles. The third kappa shape index (κ3) is 3.72. The predicted octanol–water partition coefficient (Wildman–Crippen LogP) is 4.99. The van der Waals surface area contributed by atoms with E-state index in [0.717, 1.165) is 31.5 Å². The summed E-state index contributed by atoms with van der Waals surface area (Å²) < 4.78 is 0. The van der Waals surface area contributed by atoms with Gasteiger partial charge < -0.3 is 16.4 Å². The Morgan fingerprint density at radius 2 is 1.87 bits per heavy atom. The van der Waals surface area contributed by atoms with Crippen LogP contribution in [0.2, 0.25) is 0 Å². The number of amides is 1. The van der Waals surface area contributed by atoms with Gasteiger partial charge in [0.2, 0.25) is 0 Å². The highest BCUT2D eigenvalue weighted by Crippen LogP contribution is 2.43. The van der Waals surface area contributed by atoms with E-state index >= 15 is 0 Å². The maximum atomic E-state index is 13.2. The number of likely N-dealkylation sites (tertiary alicyclic amines) is 1. The number of fused-ring (bicyclic) bond motifs is 1. The molecule has 160 valence electrons. The number of piperidine rings is 1. The van der Waals surface area contributed by atoms with Gasteiger partial charge in [-0.3, -0.25) is 4.79 Å². The van der Waals surface area contributed by atoms with E-state index in [9.17, 15) is 10.1 Å². The van der Waals surface area contributed by atoms with Gasteiger partial charge in [0.15, 0.2) is 0 Å². The Kier molecular flexibility index (Phi) is 5.59. The number of rotatable bonds is 3. The average Bonchev–Trinajstić information content (AvgIpc) is 3.08. The SMILES string of the molecule is CC1CCN(C(=O)c2sc3nc(N)c(C#N)c(-c4ccc(C(C)C)cc4)c3c2N)CC1. The van der Waals surface area contributed by atoms with Crippen molar-refractivity contribution in [3.8, 4) is 17.2 Å². The van der Waals surface area contributed by atoms with Crippen molar-refractivity contribution in [1.82, 2.24) is 9.88 Å².